The third-order valence-corrected chi connectivity index (χ3v) is 5.13. The number of hydrogen-bond acceptors (Lipinski definition) is 4. The highest BCUT2D eigenvalue weighted by atomic mass is 19.1. The number of carbonyl (C=O) groups is 1. The van der Waals surface area contributed by atoms with Crippen LogP contribution in [0.4, 0.5) is 10.1 Å². The molecule has 6 heteroatoms. The van der Waals surface area contributed by atoms with Crippen molar-refractivity contribution in [2.45, 2.75) is 26.0 Å². The van der Waals surface area contributed by atoms with Gasteiger partial charge in [0.1, 0.15) is 11.6 Å². The molecular formula is C22H28FN3O2. The summed E-state index contributed by atoms with van der Waals surface area (Å²) < 4.78 is 18.5. The van der Waals surface area contributed by atoms with Crippen molar-refractivity contribution in [3.8, 4) is 5.75 Å². The average Bonchev–Trinajstić information content (AvgIpc) is 2.74. The van der Waals surface area contributed by atoms with Gasteiger partial charge in [-0.2, -0.15) is 0 Å². The number of benzene rings is 2. The topological polar surface area (TPSA) is 44.8 Å². The van der Waals surface area contributed by atoms with Crippen LogP contribution in [0.3, 0.4) is 0 Å². The quantitative estimate of drug-likeness (QED) is 0.796. The van der Waals surface area contributed by atoms with Crippen LogP contribution in [0.2, 0.25) is 0 Å². The molecule has 5 nitrogen and oxygen atoms in total. The third kappa shape index (κ3) is 5.45. The van der Waals surface area contributed by atoms with Crippen LogP contribution >= 0.6 is 0 Å². The Morgan fingerprint density at radius 2 is 1.68 bits per heavy atom. The summed E-state index contributed by atoms with van der Waals surface area (Å²) in [4.78, 5) is 17.1. The maximum Gasteiger partial charge on any atom is 0.260 e. The highest BCUT2D eigenvalue weighted by molar-refractivity contribution is 5.80. The van der Waals surface area contributed by atoms with Crippen LogP contribution in [0.5, 0.6) is 5.75 Å². The van der Waals surface area contributed by atoms with Crippen molar-refractivity contribution in [3.63, 3.8) is 0 Å². The molecule has 2 aromatic rings. The van der Waals surface area contributed by atoms with Gasteiger partial charge in [0.25, 0.3) is 5.91 Å². The van der Waals surface area contributed by atoms with Crippen LogP contribution in [0.25, 0.3) is 0 Å². The van der Waals surface area contributed by atoms with E-state index in [1.54, 1.807) is 6.92 Å². The number of para-hydroxylation sites is 1. The Hall–Kier alpha value is -2.60. The first-order chi connectivity index (χ1) is 13.5. The van der Waals surface area contributed by atoms with Crippen molar-refractivity contribution in [1.29, 1.82) is 0 Å². The fourth-order valence-corrected chi connectivity index (χ4v) is 3.35. The van der Waals surface area contributed by atoms with E-state index >= 15 is 0 Å². The summed E-state index contributed by atoms with van der Waals surface area (Å²) >= 11 is 0. The lowest BCUT2D eigenvalue weighted by molar-refractivity contribution is -0.127. The second-order valence-electron chi connectivity index (χ2n) is 7.17. The minimum absolute atomic E-state index is 0.168. The van der Waals surface area contributed by atoms with Gasteiger partial charge >= 0.3 is 0 Å². The Bertz CT molecular complexity index is 746. The zero-order valence-corrected chi connectivity index (χ0v) is 16.5. The first kappa shape index (κ1) is 20.1. The second kappa shape index (κ2) is 9.55. The van der Waals surface area contributed by atoms with Crippen LogP contribution in [0.1, 0.15) is 13.8 Å². The van der Waals surface area contributed by atoms with Crippen molar-refractivity contribution in [3.05, 3.63) is 60.4 Å². The SMILES string of the molecule is C[C@@H](Oc1ccc(F)cc1)C(=O)NC[C@H](C)N1CCN(c2ccccc2)CC1. The standard InChI is InChI=1S/C22H28FN3O2/c1-17(25-12-14-26(15-13-25)20-6-4-3-5-7-20)16-24-22(27)18(2)28-21-10-8-19(23)9-11-21/h3-11,17-18H,12-16H2,1-2H3,(H,24,27)/t17-,18+/m0/s1. The lowest BCUT2D eigenvalue weighted by Gasteiger charge is -2.39. The maximum atomic E-state index is 12.9. The van der Waals surface area contributed by atoms with E-state index in [2.05, 4.69) is 46.3 Å². The molecule has 1 heterocycles. The van der Waals surface area contributed by atoms with Gasteiger partial charge in [-0.3, -0.25) is 9.69 Å². The van der Waals surface area contributed by atoms with Crippen LogP contribution in [-0.2, 0) is 4.79 Å². The molecule has 0 unspecified atom stereocenters. The highest BCUT2D eigenvalue weighted by Gasteiger charge is 2.22. The minimum Gasteiger partial charge on any atom is -0.481 e. The van der Waals surface area contributed by atoms with E-state index in [-0.39, 0.29) is 17.8 Å². The van der Waals surface area contributed by atoms with Crippen molar-refractivity contribution < 1.29 is 13.9 Å². The zero-order valence-electron chi connectivity index (χ0n) is 16.5. The molecule has 150 valence electrons. The molecule has 0 saturated carbocycles. The smallest absolute Gasteiger partial charge is 0.260 e. The number of nitrogens with zero attached hydrogens (tertiary/aromatic N) is 2. The first-order valence-corrected chi connectivity index (χ1v) is 9.77. The minimum atomic E-state index is -0.632. The number of amides is 1. The number of ether oxygens (including phenoxy) is 1. The monoisotopic (exact) mass is 385 g/mol. The molecule has 3 rings (SSSR count). The summed E-state index contributed by atoms with van der Waals surface area (Å²) in [7, 11) is 0. The van der Waals surface area contributed by atoms with E-state index in [1.807, 2.05) is 6.07 Å². The number of hydrogen-bond donors (Lipinski definition) is 1. The van der Waals surface area contributed by atoms with Crippen LogP contribution < -0.4 is 15.0 Å². The van der Waals surface area contributed by atoms with Gasteiger partial charge in [0, 0.05) is 44.5 Å². The molecule has 28 heavy (non-hydrogen) atoms. The number of halogens is 1. The van der Waals surface area contributed by atoms with Gasteiger partial charge in [0.05, 0.1) is 0 Å². The summed E-state index contributed by atoms with van der Waals surface area (Å²) in [5, 5.41) is 2.96. The van der Waals surface area contributed by atoms with E-state index in [9.17, 15) is 9.18 Å². The summed E-state index contributed by atoms with van der Waals surface area (Å²) in [6.45, 7) is 8.28. The molecule has 0 aromatic heterocycles. The molecule has 2 aromatic carbocycles. The van der Waals surface area contributed by atoms with E-state index in [0.717, 1.165) is 26.2 Å². The van der Waals surface area contributed by atoms with Crippen molar-refractivity contribution in [2.75, 3.05) is 37.6 Å². The number of rotatable bonds is 7. The fraction of sp³-hybridized carbons (Fsp3) is 0.409. The van der Waals surface area contributed by atoms with E-state index in [1.165, 1.54) is 30.0 Å². The van der Waals surface area contributed by atoms with Gasteiger partial charge in [-0.05, 0) is 50.2 Å². The zero-order chi connectivity index (χ0) is 19.9. The number of piperazine rings is 1. The normalized spacial score (nSPS) is 17.0. The molecule has 1 N–H and O–H groups in total. The highest BCUT2D eigenvalue weighted by Crippen LogP contribution is 2.16. The van der Waals surface area contributed by atoms with Gasteiger partial charge < -0.3 is 15.0 Å². The summed E-state index contributed by atoms with van der Waals surface area (Å²) in [6, 6.07) is 16.4. The fourth-order valence-electron chi connectivity index (χ4n) is 3.35. The largest absolute Gasteiger partial charge is 0.481 e. The van der Waals surface area contributed by atoms with Crippen LogP contribution in [0, 0.1) is 5.82 Å². The van der Waals surface area contributed by atoms with Crippen molar-refractivity contribution >= 4 is 11.6 Å². The summed E-state index contributed by atoms with van der Waals surface area (Å²) in [6.07, 6.45) is -0.632. The van der Waals surface area contributed by atoms with E-state index in [4.69, 9.17) is 4.74 Å². The van der Waals surface area contributed by atoms with Crippen LogP contribution in [-0.4, -0.2) is 55.7 Å². The Morgan fingerprint density at radius 3 is 2.32 bits per heavy atom. The molecule has 0 bridgehead atoms. The molecule has 1 amide bonds. The summed E-state index contributed by atoms with van der Waals surface area (Å²) in [5.41, 5.74) is 1.26. The molecule has 1 saturated heterocycles. The number of anilines is 1. The molecule has 2 atom stereocenters. The molecule has 0 radical (unpaired) electrons. The van der Waals surface area contributed by atoms with Crippen molar-refractivity contribution in [2.24, 2.45) is 0 Å². The first-order valence-electron chi connectivity index (χ1n) is 9.77. The maximum absolute atomic E-state index is 12.9. The Morgan fingerprint density at radius 1 is 1.04 bits per heavy atom. The molecule has 1 aliphatic heterocycles. The Labute approximate surface area is 166 Å². The van der Waals surface area contributed by atoms with Gasteiger partial charge in [0.15, 0.2) is 6.10 Å². The Balaban J connectivity index is 1.40. The lowest BCUT2D eigenvalue weighted by Crippen LogP contribution is -2.53. The van der Waals surface area contributed by atoms with Gasteiger partial charge in [-0.1, -0.05) is 18.2 Å². The molecular weight excluding hydrogens is 357 g/mol. The van der Waals surface area contributed by atoms with Gasteiger partial charge in [0.2, 0.25) is 0 Å². The summed E-state index contributed by atoms with van der Waals surface area (Å²) in [5.74, 6) is -0.0149. The predicted octanol–water partition coefficient (Wildman–Crippen LogP) is 2.92. The number of carbonyl (C=O) groups excluding carboxylic acids is 1. The van der Waals surface area contributed by atoms with Crippen molar-refractivity contribution in [1.82, 2.24) is 10.2 Å². The number of nitrogens with one attached hydrogen (secondary N) is 1. The lowest BCUT2D eigenvalue weighted by atomic mass is 10.2. The molecule has 1 aliphatic rings. The van der Waals surface area contributed by atoms with Gasteiger partial charge in [-0.25, -0.2) is 4.39 Å². The molecule has 1 fully saturated rings. The second-order valence-corrected chi connectivity index (χ2v) is 7.17. The average molecular weight is 385 g/mol. The Kier molecular flexibility index (Phi) is 6.87. The predicted molar refractivity (Wildman–Crippen MR) is 109 cm³/mol. The third-order valence-electron chi connectivity index (χ3n) is 5.13. The van der Waals surface area contributed by atoms with E-state index < -0.39 is 6.10 Å². The van der Waals surface area contributed by atoms with Gasteiger partial charge in [-0.15, -0.1) is 0 Å². The van der Waals surface area contributed by atoms with Crippen LogP contribution in [0.15, 0.2) is 54.6 Å². The van der Waals surface area contributed by atoms with E-state index in [0.29, 0.717) is 12.3 Å². The molecule has 0 aliphatic carbocycles. The molecule has 0 spiro atoms.